The molecule has 2 fully saturated rings. The SMILES string of the molecule is O[C@@H]1CO[C@H]2[C@@H]1OC[C@H]2Oc1nc2c(F)c(-c3ccc(-c4ccc(-n5nccn5)cc4)cc3)c(F)cc2[nH]1. The summed E-state index contributed by atoms with van der Waals surface area (Å²) in [6, 6.07) is 15.9. The molecule has 0 unspecified atom stereocenters. The first-order valence-electron chi connectivity index (χ1n) is 12.1. The zero-order valence-corrected chi connectivity index (χ0v) is 19.8. The minimum absolute atomic E-state index is 0.0267. The van der Waals surface area contributed by atoms with Crippen LogP contribution in [0.5, 0.6) is 6.01 Å². The van der Waals surface area contributed by atoms with Crippen LogP contribution in [-0.2, 0) is 9.47 Å². The Hall–Kier alpha value is -4.19. The predicted octanol–water partition coefficient (Wildman–Crippen LogP) is 3.66. The molecular weight excluding hydrogens is 496 g/mol. The van der Waals surface area contributed by atoms with Crippen molar-refractivity contribution in [3.63, 3.8) is 0 Å². The number of hydrogen-bond acceptors (Lipinski definition) is 7. The Bertz CT molecular complexity index is 1610. The third kappa shape index (κ3) is 3.83. The van der Waals surface area contributed by atoms with Gasteiger partial charge in [0.25, 0.3) is 6.01 Å². The lowest BCUT2D eigenvalue weighted by atomic mass is 9.99. The zero-order chi connectivity index (χ0) is 25.8. The van der Waals surface area contributed by atoms with Crippen LogP contribution in [-0.4, -0.2) is 67.7 Å². The van der Waals surface area contributed by atoms with E-state index in [1.165, 1.54) is 10.9 Å². The summed E-state index contributed by atoms with van der Waals surface area (Å²) in [5.41, 5.74) is 3.00. The molecule has 0 saturated carbocycles. The molecule has 5 aromatic rings. The monoisotopic (exact) mass is 517 g/mol. The summed E-state index contributed by atoms with van der Waals surface area (Å²) in [6.07, 6.45) is 1.04. The van der Waals surface area contributed by atoms with E-state index in [4.69, 9.17) is 14.2 Å². The first kappa shape index (κ1) is 23.0. The van der Waals surface area contributed by atoms with Crippen molar-refractivity contribution >= 4 is 11.0 Å². The van der Waals surface area contributed by atoms with E-state index in [9.17, 15) is 5.11 Å². The Labute approximate surface area is 214 Å². The van der Waals surface area contributed by atoms with E-state index in [1.54, 1.807) is 24.5 Å². The summed E-state index contributed by atoms with van der Waals surface area (Å²) >= 11 is 0. The van der Waals surface area contributed by atoms with Gasteiger partial charge in [-0.3, -0.25) is 0 Å². The van der Waals surface area contributed by atoms with E-state index in [1.807, 2.05) is 36.4 Å². The van der Waals surface area contributed by atoms with Crippen LogP contribution in [0, 0.1) is 11.6 Å². The van der Waals surface area contributed by atoms with Crippen LogP contribution in [0.25, 0.3) is 39.0 Å². The number of nitrogens with one attached hydrogen (secondary N) is 1. The highest BCUT2D eigenvalue weighted by atomic mass is 19.1. The highest BCUT2D eigenvalue weighted by molar-refractivity contribution is 5.84. The Morgan fingerprint density at radius 1 is 0.895 bits per heavy atom. The Balaban J connectivity index is 1.14. The van der Waals surface area contributed by atoms with Crippen LogP contribution in [0.15, 0.2) is 67.0 Å². The lowest BCUT2D eigenvalue weighted by Crippen LogP contribution is -2.34. The number of fused-ring (bicyclic) bond motifs is 2. The summed E-state index contributed by atoms with van der Waals surface area (Å²) in [6.45, 7) is 0.353. The van der Waals surface area contributed by atoms with Crippen molar-refractivity contribution in [2.75, 3.05) is 13.2 Å². The fraction of sp³-hybridized carbons (Fsp3) is 0.222. The number of aromatic amines is 1. The number of aromatic nitrogens is 5. The van der Waals surface area contributed by atoms with Gasteiger partial charge in [0.15, 0.2) is 11.9 Å². The molecule has 4 heterocycles. The number of H-pyrrole nitrogens is 1. The number of halogens is 2. The fourth-order valence-corrected chi connectivity index (χ4v) is 5.03. The maximum atomic E-state index is 15.5. The Morgan fingerprint density at radius 2 is 1.55 bits per heavy atom. The smallest absolute Gasteiger partial charge is 0.295 e. The second kappa shape index (κ2) is 8.98. The third-order valence-corrected chi connectivity index (χ3v) is 6.92. The largest absolute Gasteiger partial charge is 0.456 e. The second-order valence-electron chi connectivity index (χ2n) is 9.25. The highest BCUT2D eigenvalue weighted by Gasteiger charge is 2.48. The Morgan fingerprint density at radius 3 is 2.29 bits per heavy atom. The van der Waals surface area contributed by atoms with Crippen LogP contribution in [0.3, 0.4) is 0 Å². The van der Waals surface area contributed by atoms with Crippen molar-refractivity contribution in [2.24, 2.45) is 0 Å². The highest BCUT2D eigenvalue weighted by Crippen LogP contribution is 2.35. The molecule has 0 aliphatic carbocycles. The van der Waals surface area contributed by atoms with E-state index in [0.29, 0.717) is 5.56 Å². The van der Waals surface area contributed by atoms with Gasteiger partial charge in [-0.05, 0) is 28.8 Å². The first-order valence-corrected chi connectivity index (χ1v) is 12.1. The molecule has 3 aromatic carbocycles. The molecule has 0 amide bonds. The van der Waals surface area contributed by atoms with Crippen LogP contribution < -0.4 is 4.74 Å². The molecular formula is C27H21F2N5O4. The number of hydrogen-bond donors (Lipinski definition) is 2. The molecule has 9 nitrogen and oxygen atoms in total. The van der Waals surface area contributed by atoms with Gasteiger partial charge in [0.05, 0.1) is 42.4 Å². The quantitative estimate of drug-likeness (QED) is 0.366. The zero-order valence-electron chi connectivity index (χ0n) is 19.8. The maximum absolute atomic E-state index is 15.5. The number of imidazole rings is 1. The van der Waals surface area contributed by atoms with Gasteiger partial charge in [-0.15, -0.1) is 0 Å². The number of aliphatic hydroxyl groups excluding tert-OH is 1. The molecule has 192 valence electrons. The topological polar surface area (TPSA) is 107 Å². The molecule has 38 heavy (non-hydrogen) atoms. The molecule has 0 bridgehead atoms. The molecule has 11 heteroatoms. The average molecular weight is 517 g/mol. The van der Waals surface area contributed by atoms with Gasteiger partial charge >= 0.3 is 0 Å². The van der Waals surface area contributed by atoms with E-state index < -0.39 is 36.1 Å². The van der Waals surface area contributed by atoms with Crippen LogP contribution >= 0.6 is 0 Å². The lowest BCUT2D eigenvalue weighted by Gasteiger charge is -2.15. The summed E-state index contributed by atoms with van der Waals surface area (Å²) in [7, 11) is 0. The molecule has 2 N–H and O–H groups in total. The molecule has 0 spiro atoms. The molecule has 2 saturated heterocycles. The van der Waals surface area contributed by atoms with Crippen molar-refractivity contribution in [1.29, 1.82) is 0 Å². The maximum Gasteiger partial charge on any atom is 0.295 e. The summed E-state index contributed by atoms with van der Waals surface area (Å²) in [5.74, 6) is -1.51. The van der Waals surface area contributed by atoms with Crippen molar-refractivity contribution < 1.29 is 28.1 Å². The van der Waals surface area contributed by atoms with E-state index in [-0.39, 0.29) is 35.8 Å². The number of nitrogens with zero attached hydrogens (tertiary/aromatic N) is 4. The van der Waals surface area contributed by atoms with Gasteiger partial charge < -0.3 is 24.3 Å². The van der Waals surface area contributed by atoms with Crippen molar-refractivity contribution in [3.8, 4) is 34.0 Å². The van der Waals surface area contributed by atoms with E-state index in [2.05, 4.69) is 20.2 Å². The number of aliphatic hydroxyl groups is 1. The second-order valence-corrected chi connectivity index (χ2v) is 9.25. The van der Waals surface area contributed by atoms with Crippen LogP contribution in [0.2, 0.25) is 0 Å². The van der Waals surface area contributed by atoms with E-state index >= 15 is 8.78 Å². The van der Waals surface area contributed by atoms with Crippen LogP contribution in [0.4, 0.5) is 8.78 Å². The van der Waals surface area contributed by atoms with Gasteiger partial charge in [0, 0.05) is 6.07 Å². The summed E-state index contributed by atoms with van der Waals surface area (Å²) in [5, 5.41) is 18.1. The summed E-state index contributed by atoms with van der Waals surface area (Å²) in [4.78, 5) is 8.57. The van der Waals surface area contributed by atoms with Crippen molar-refractivity contribution in [1.82, 2.24) is 25.0 Å². The summed E-state index contributed by atoms with van der Waals surface area (Å²) < 4.78 is 47.6. The first-order chi connectivity index (χ1) is 18.5. The van der Waals surface area contributed by atoms with Crippen LogP contribution in [0.1, 0.15) is 0 Å². The molecule has 2 aromatic heterocycles. The van der Waals surface area contributed by atoms with Gasteiger partial charge in [-0.2, -0.15) is 20.0 Å². The van der Waals surface area contributed by atoms with Gasteiger partial charge in [-0.1, -0.05) is 36.4 Å². The molecule has 2 aliphatic rings. The van der Waals surface area contributed by atoms with Gasteiger partial charge in [0.1, 0.15) is 29.6 Å². The van der Waals surface area contributed by atoms with Crippen molar-refractivity contribution in [2.45, 2.75) is 24.4 Å². The number of ether oxygens (including phenoxy) is 3. The fourth-order valence-electron chi connectivity index (χ4n) is 5.03. The minimum atomic E-state index is -0.789. The molecule has 7 rings (SSSR count). The third-order valence-electron chi connectivity index (χ3n) is 6.92. The van der Waals surface area contributed by atoms with Gasteiger partial charge in [-0.25, -0.2) is 8.78 Å². The lowest BCUT2D eigenvalue weighted by molar-refractivity contribution is 0.00706. The molecule has 2 aliphatic heterocycles. The number of rotatable bonds is 5. The van der Waals surface area contributed by atoms with Gasteiger partial charge in [0.2, 0.25) is 0 Å². The average Bonchev–Trinajstić information content (AvgIpc) is 3.73. The normalized spacial score (nSPS) is 22.7. The molecule has 0 radical (unpaired) electrons. The number of benzene rings is 3. The Kier molecular flexibility index (Phi) is 5.43. The van der Waals surface area contributed by atoms with Crippen molar-refractivity contribution in [3.05, 3.63) is 78.6 Å². The van der Waals surface area contributed by atoms with E-state index in [0.717, 1.165) is 16.8 Å². The minimum Gasteiger partial charge on any atom is -0.456 e. The standard InChI is InChI=1S/C27H21F2N5O4/c28-18-11-19-24(33-27(32-19)38-21-13-37-25-20(35)12-36-26(21)25)23(29)22(18)16-3-1-14(2-4-16)15-5-7-17(8-6-15)34-30-9-10-31-34/h1-11,20-21,25-26,35H,12-13H2,(H,32,33)/t20-,21-,25-,26-/m1/s1. The predicted molar refractivity (Wildman–Crippen MR) is 132 cm³/mol. The molecule has 4 atom stereocenters.